The SMILES string of the molecule is COc1ccccc1C(=O)Nc1ccccc1-c1nc(-c2ccccc2Cl)no1. The van der Waals surface area contributed by atoms with Crippen molar-refractivity contribution in [3.63, 3.8) is 0 Å². The molecule has 29 heavy (non-hydrogen) atoms. The zero-order valence-electron chi connectivity index (χ0n) is 15.4. The van der Waals surface area contributed by atoms with Gasteiger partial charge in [0, 0.05) is 5.56 Å². The van der Waals surface area contributed by atoms with Gasteiger partial charge in [0.1, 0.15) is 5.75 Å². The van der Waals surface area contributed by atoms with Crippen molar-refractivity contribution in [2.45, 2.75) is 0 Å². The molecule has 0 aliphatic carbocycles. The lowest BCUT2D eigenvalue weighted by molar-refractivity contribution is 0.102. The second kappa shape index (κ2) is 8.16. The molecule has 3 aromatic carbocycles. The van der Waals surface area contributed by atoms with E-state index in [0.29, 0.717) is 39.0 Å². The molecule has 7 heteroatoms. The van der Waals surface area contributed by atoms with Crippen molar-refractivity contribution in [1.82, 2.24) is 10.1 Å². The zero-order chi connectivity index (χ0) is 20.2. The molecule has 4 aromatic rings. The monoisotopic (exact) mass is 405 g/mol. The summed E-state index contributed by atoms with van der Waals surface area (Å²) in [6.07, 6.45) is 0. The maximum Gasteiger partial charge on any atom is 0.260 e. The summed E-state index contributed by atoms with van der Waals surface area (Å²) in [7, 11) is 1.52. The van der Waals surface area contributed by atoms with Gasteiger partial charge in [-0.1, -0.05) is 53.2 Å². The molecule has 0 aliphatic rings. The smallest absolute Gasteiger partial charge is 0.260 e. The summed E-state index contributed by atoms with van der Waals surface area (Å²) in [5.74, 6) is 0.828. The van der Waals surface area contributed by atoms with Crippen LogP contribution in [0.25, 0.3) is 22.8 Å². The number of hydrogen-bond donors (Lipinski definition) is 1. The van der Waals surface area contributed by atoms with Crippen molar-refractivity contribution >= 4 is 23.2 Å². The lowest BCUT2D eigenvalue weighted by atomic mass is 10.1. The van der Waals surface area contributed by atoms with Crippen molar-refractivity contribution in [1.29, 1.82) is 0 Å². The van der Waals surface area contributed by atoms with E-state index < -0.39 is 0 Å². The van der Waals surface area contributed by atoms with Gasteiger partial charge in [0.15, 0.2) is 0 Å². The Morgan fingerprint density at radius 2 is 1.66 bits per heavy atom. The first-order valence-electron chi connectivity index (χ1n) is 8.80. The van der Waals surface area contributed by atoms with Crippen LogP contribution in [0.4, 0.5) is 5.69 Å². The molecule has 0 fully saturated rings. The molecule has 1 amide bonds. The van der Waals surface area contributed by atoms with Crippen molar-refractivity contribution in [3.8, 4) is 28.6 Å². The van der Waals surface area contributed by atoms with Crippen LogP contribution in [0.5, 0.6) is 5.75 Å². The first kappa shape index (κ1) is 18.7. The first-order chi connectivity index (χ1) is 14.2. The van der Waals surface area contributed by atoms with E-state index in [4.69, 9.17) is 20.9 Å². The van der Waals surface area contributed by atoms with Crippen LogP contribution in [-0.2, 0) is 0 Å². The van der Waals surface area contributed by atoms with Gasteiger partial charge >= 0.3 is 0 Å². The minimum Gasteiger partial charge on any atom is -0.496 e. The number of nitrogens with zero attached hydrogens (tertiary/aromatic N) is 2. The Balaban J connectivity index is 1.66. The molecule has 0 spiro atoms. The lowest BCUT2D eigenvalue weighted by Gasteiger charge is -2.11. The fraction of sp³-hybridized carbons (Fsp3) is 0.0455. The summed E-state index contributed by atoms with van der Waals surface area (Å²) in [5, 5.41) is 7.44. The number of amides is 1. The number of carbonyl (C=O) groups excluding carboxylic acids is 1. The van der Waals surface area contributed by atoms with E-state index in [1.807, 2.05) is 30.3 Å². The van der Waals surface area contributed by atoms with Crippen molar-refractivity contribution < 1.29 is 14.1 Å². The fourth-order valence-electron chi connectivity index (χ4n) is 2.89. The summed E-state index contributed by atoms with van der Waals surface area (Å²) in [4.78, 5) is 17.2. The third-order valence-electron chi connectivity index (χ3n) is 4.30. The average molecular weight is 406 g/mol. The highest BCUT2D eigenvalue weighted by atomic mass is 35.5. The molecule has 0 unspecified atom stereocenters. The topological polar surface area (TPSA) is 77.2 Å². The molecule has 0 saturated carbocycles. The van der Waals surface area contributed by atoms with Crippen molar-refractivity contribution in [2.24, 2.45) is 0 Å². The average Bonchev–Trinajstić information content (AvgIpc) is 3.24. The fourth-order valence-corrected chi connectivity index (χ4v) is 3.11. The summed E-state index contributed by atoms with van der Waals surface area (Å²) in [6.45, 7) is 0. The number of methoxy groups -OCH3 is 1. The van der Waals surface area contributed by atoms with Crippen LogP contribution in [0, 0.1) is 0 Å². The Kier molecular flexibility index (Phi) is 5.27. The Bertz CT molecular complexity index is 1170. The number of halogens is 1. The Labute approximate surface area is 172 Å². The number of aromatic nitrogens is 2. The van der Waals surface area contributed by atoms with E-state index in [1.54, 1.807) is 42.5 Å². The molecular weight excluding hydrogens is 390 g/mol. The second-order valence-corrected chi connectivity index (χ2v) is 6.51. The number of hydrogen-bond acceptors (Lipinski definition) is 5. The highest BCUT2D eigenvalue weighted by molar-refractivity contribution is 6.33. The third-order valence-corrected chi connectivity index (χ3v) is 4.63. The van der Waals surface area contributed by atoms with E-state index in [-0.39, 0.29) is 11.8 Å². The van der Waals surface area contributed by atoms with E-state index in [2.05, 4.69) is 15.5 Å². The molecule has 0 bridgehead atoms. The summed E-state index contributed by atoms with van der Waals surface area (Å²) in [5.41, 5.74) is 2.23. The quantitative estimate of drug-likeness (QED) is 0.486. The van der Waals surface area contributed by atoms with Crippen LogP contribution in [0.2, 0.25) is 5.02 Å². The number of anilines is 1. The van der Waals surface area contributed by atoms with Gasteiger partial charge in [-0.3, -0.25) is 4.79 Å². The van der Waals surface area contributed by atoms with Crippen molar-refractivity contribution in [2.75, 3.05) is 12.4 Å². The normalized spacial score (nSPS) is 10.6. The summed E-state index contributed by atoms with van der Waals surface area (Å²) in [6, 6.07) is 21.4. The predicted molar refractivity (Wildman–Crippen MR) is 111 cm³/mol. The summed E-state index contributed by atoms with van der Waals surface area (Å²) >= 11 is 6.22. The van der Waals surface area contributed by atoms with Gasteiger partial charge in [-0.25, -0.2) is 0 Å². The summed E-state index contributed by atoms with van der Waals surface area (Å²) < 4.78 is 10.7. The standard InChI is InChI=1S/C22H16ClN3O3/c1-28-19-13-7-4-10-16(19)21(27)24-18-12-6-3-9-15(18)22-25-20(26-29-22)14-8-2-5-11-17(14)23/h2-13H,1H3,(H,24,27). The molecule has 1 aromatic heterocycles. The number of benzene rings is 3. The number of ether oxygens (including phenoxy) is 1. The molecule has 6 nitrogen and oxygen atoms in total. The van der Waals surface area contributed by atoms with E-state index >= 15 is 0 Å². The van der Waals surface area contributed by atoms with Gasteiger partial charge in [-0.05, 0) is 36.4 Å². The van der Waals surface area contributed by atoms with E-state index in [0.717, 1.165) is 0 Å². The van der Waals surface area contributed by atoms with Crippen LogP contribution in [0.15, 0.2) is 77.3 Å². The van der Waals surface area contributed by atoms with E-state index in [9.17, 15) is 4.79 Å². The first-order valence-corrected chi connectivity index (χ1v) is 9.17. The largest absolute Gasteiger partial charge is 0.496 e. The minimum atomic E-state index is -0.305. The second-order valence-electron chi connectivity index (χ2n) is 6.10. The molecule has 0 aliphatic heterocycles. The molecule has 144 valence electrons. The highest BCUT2D eigenvalue weighted by Gasteiger charge is 2.18. The molecular formula is C22H16ClN3O3. The van der Waals surface area contributed by atoms with Crippen LogP contribution in [0.1, 0.15) is 10.4 Å². The number of carbonyl (C=O) groups is 1. The van der Waals surface area contributed by atoms with Gasteiger partial charge in [-0.15, -0.1) is 0 Å². The van der Waals surface area contributed by atoms with Crippen LogP contribution in [-0.4, -0.2) is 23.2 Å². The van der Waals surface area contributed by atoms with E-state index in [1.165, 1.54) is 7.11 Å². The van der Waals surface area contributed by atoms with Crippen LogP contribution < -0.4 is 10.1 Å². The minimum absolute atomic E-state index is 0.274. The van der Waals surface area contributed by atoms with Crippen molar-refractivity contribution in [3.05, 3.63) is 83.4 Å². The van der Waals surface area contributed by atoms with Gasteiger partial charge in [0.2, 0.25) is 5.82 Å². The molecule has 1 heterocycles. The lowest BCUT2D eigenvalue weighted by Crippen LogP contribution is -2.13. The molecule has 1 N–H and O–H groups in total. The van der Waals surface area contributed by atoms with Gasteiger partial charge < -0.3 is 14.6 Å². The third kappa shape index (κ3) is 3.83. The number of nitrogens with one attached hydrogen (secondary N) is 1. The number of rotatable bonds is 5. The highest BCUT2D eigenvalue weighted by Crippen LogP contribution is 2.31. The predicted octanol–water partition coefficient (Wildman–Crippen LogP) is 5.32. The van der Waals surface area contributed by atoms with Gasteiger partial charge in [-0.2, -0.15) is 4.98 Å². The maximum absolute atomic E-state index is 12.8. The maximum atomic E-state index is 12.8. The molecule has 4 rings (SSSR count). The number of para-hydroxylation sites is 2. The Morgan fingerprint density at radius 3 is 2.45 bits per heavy atom. The van der Waals surface area contributed by atoms with Crippen LogP contribution in [0.3, 0.4) is 0 Å². The Morgan fingerprint density at radius 1 is 0.966 bits per heavy atom. The van der Waals surface area contributed by atoms with Gasteiger partial charge in [0.25, 0.3) is 11.8 Å². The molecule has 0 radical (unpaired) electrons. The molecule has 0 atom stereocenters. The molecule has 0 saturated heterocycles. The van der Waals surface area contributed by atoms with Gasteiger partial charge in [0.05, 0.1) is 28.9 Å². The van der Waals surface area contributed by atoms with Crippen LogP contribution >= 0.6 is 11.6 Å². The Hall–Kier alpha value is -3.64. The zero-order valence-corrected chi connectivity index (χ0v) is 16.2.